The van der Waals surface area contributed by atoms with Crippen LogP contribution in [0.2, 0.25) is 0 Å². The van der Waals surface area contributed by atoms with Gasteiger partial charge in [0.05, 0.1) is 5.69 Å². The number of rotatable bonds is 2. The molecule has 1 aromatic carbocycles. The molecular weight excluding hydrogens is 174 g/mol. The van der Waals surface area contributed by atoms with E-state index in [9.17, 15) is 0 Å². The van der Waals surface area contributed by atoms with Crippen LogP contribution >= 0.6 is 0 Å². The first-order valence-corrected chi connectivity index (χ1v) is 5.00. The Balaban J connectivity index is 2.95. The van der Waals surface area contributed by atoms with Crippen LogP contribution in [0, 0.1) is 0 Å². The van der Waals surface area contributed by atoms with Crippen molar-refractivity contribution in [2.45, 2.75) is 39.7 Å². The van der Waals surface area contributed by atoms with E-state index in [1.807, 2.05) is 39.0 Å². The van der Waals surface area contributed by atoms with Crippen molar-refractivity contribution in [3.05, 3.63) is 23.8 Å². The van der Waals surface area contributed by atoms with Gasteiger partial charge in [-0.15, -0.1) is 0 Å². The summed E-state index contributed by atoms with van der Waals surface area (Å²) in [7, 11) is 0. The zero-order chi connectivity index (χ0) is 10.8. The molecule has 0 unspecified atom stereocenters. The normalized spacial score (nSPS) is 11.4. The maximum atomic E-state index is 5.83. The Morgan fingerprint density at radius 1 is 1.29 bits per heavy atom. The van der Waals surface area contributed by atoms with E-state index >= 15 is 0 Å². The Morgan fingerprint density at radius 3 is 2.43 bits per heavy atom. The molecule has 1 aromatic rings. The van der Waals surface area contributed by atoms with E-state index in [1.165, 1.54) is 5.56 Å². The average molecular weight is 193 g/mol. The van der Waals surface area contributed by atoms with Gasteiger partial charge in [0.15, 0.2) is 0 Å². The molecule has 78 valence electrons. The Labute approximate surface area is 86.1 Å². The predicted molar refractivity (Wildman–Crippen MR) is 60.6 cm³/mol. The standard InChI is InChI=1S/C12H19NO/c1-5-9-6-7-10(13)11(8-9)14-12(2,3)4/h6-8H,5,13H2,1-4H3. The zero-order valence-electron chi connectivity index (χ0n) is 9.42. The SMILES string of the molecule is CCc1ccc(N)c(OC(C)(C)C)c1. The Morgan fingerprint density at radius 2 is 1.93 bits per heavy atom. The lowest BCUT2D eigenvalue weighted by Gasteiger charge is -2.22. The number of benzene rings is 1. The monoisotopic (exact) mass is 193 g/mol. The highest BCUT2D eigenvalue weighted by Crippen LogP contribution is 2.26. The van der Waals surface area contributed by atoms with E-state index in [4.69, 9.17) is 10.5 Å². The van der Waals surface area contributed by atoms with Crippen LogP contribution in [0.15, 0.2) is 18.2 Å². The lowest BCUT2D eigenvalue weighted by atomic mass is 10.1. The lowest BCUT2D eigenvalue weighted by molar-refractivity contribution is 0.132. The van der Waals surface area contributed by atoms with Crippen LogP contribution < -0.4 is 10.5 Å². The number of hydrogen-bond donors (Lipinski definition) is 1. The second kappa shape index (κ2) is 3.91. The maximum Gasteiger partial charge on any atom is 0.143 e. The van der Waals surface area contributed by atoms with Gasteiger partial charge >= 0.3 is 0 Å². The fourth-order valence-corrected chi connectivity index (χ4v) is 1.22. The van der Waals surface area contributed by atoms with Crippen LogP contribution in [0.1, 0.15) is 33.3 Å². The van der Waals surface area contributed by atoms with E-state index in [-0.39, 0.29) is 5.60 Å². The second-order valence-corrected chi connectivity index (χ2v) is 4.44. The highest BCUT2D eigenvalue weighted by molar-refractivity contribution is 5.54. The molecule has 2 nitrogen and oxygen atoms in total. The minimum atomic E-state index is -0.194. The molecule has 0 bridgehead atoms. The first-order chi connectivity index (χ1) is 6.42. The summed E-state index contributed by atoms with van der Waals surface area (Å²) in [5, 5.41) is 0. The van der Waals surface area contributed by atoms with Crippen LogP contribution in [0.5, 0.6) is 5.75 Å². The van der Waals surface area contributed by atoms with Crippen LogP contribution in [0.3, 0.4) is 0 Å². The zero-order valence-corrected chi connectivity index (χ0v) is 9.42. The van der Waals surface area contributed by atoms with Gasteiger partial charge in [-0.05, 0) is 44.9 Å². The Bertz CT molecular complexity index is 313. The molecule has 2 heteroatoms. The average Bonchev–Trinajstić information content (AvgIpc) is 2.06. The highest BCUT2D eigenvalue weighted by atomic mass is 16.5. The number of nitrogen functional groups attached to an aromatic ring is 1. The van der Waals surface area contributed by atoms with Crippen LogP contribution in [0.4, 0.5) is 5.69 Å². The predicted octanol–water partition coefficient (Wildman–Crippen LogP) is 3.01. The number of hydrogen-bond acceptors (Lipinski definition) is 2. The molecule has 0 aliphatic heterocycles. The van der Waals surface area contributed by atoms with Gasteiger partial charge in [0.2, 0.25) is 0 Å². The van der Waals surface area contributed by atoms with Gasteiger partial charge in [0.25, 0.3) is 0 Å². The van der Waals surface area contributed by atoms with Crippen molar-refractivity contribution < 1.29 is 4.74 Å². The summed E-state index contributed by atoms with van der Waals surface area (Å²) >= 11 is 0. The molecule has 0 saturated carbocycles. The van der Waals surface area contributed by atoms with E-state index in [0.29, 0.717) is 5.69 Å². The van der Waals surface area contributed by atoms with Crippen molar-refractivity contribution in [1.82, 2.24) is 0 Å². The number of anilines is 1. The quantitative estimate of drug-likeness (QED) is 0.733. The van der Waals surface area contributed by atoms with Crippen molar-refractivity contribution in [1.29, 1.82) is 0 Å². The van der Waals surface area contributed by atoms with Crippen LogP contribution in [-0.2, 0) is 6.42 Å². The van der Waals surface area contributed by atoms with Gasteiger partial charge in [-0.3, -0.25) is 0 Å². The summed E-state index contributed by atoms with van der Waals surface area (Å²) in [5.74, 6) is 0.789. The van der Waals surface area contributed by atoms with Crippen molar-refractivity contribution in [2.75, 3.05) is 5.73 Å². The van der Waals surface area contributed by atoms with E-state index in [1.54, 1.807) is 0 Å². The molecule has 14 heavy (non-hydrogen) atoms. The highest BCUT2D eigenvalue weighted by Gasteiger charge is 2.13. The van der Waals surface area contributed by atoms with Gasteiger partial charge in [0, 0.05) is 0 Å². The summed E-state index contributed by atoms with van der Waals surface area (Å²) in [5.41, 5.74) is 7.59. The molecule has 0 spiro atoms. The Hall–Kier alpha value is -1.18. The minimum absolute atomic E-state index is 0.194. The van der Waals surface area contributed by atoms with Crippen LogP contribution in [-0.4, -0.2) is 5.60 Å². The fourth-order valence-electron chi connectivity index (χ4n) is 1.22. The van der Waals surface area contributed by atoms with Gasteiger partial charge < -0.3 is 10.5 Å². The molecule has 0 aliphatic carbocycles. The third-order valence-electron chi connectivity index (χ3n) is 1.90. The third kappa shape index (κ3) is 2.95. The van der Waals surface area contributed by atoms with Crippen molar-refractivity contribution in [3.8, 4) is 5.75 Å². The Kier molecular flexibility index (Phi) is 3.04. The number of ether oxygens (including phenoxy) is 1. The van der Waals surface area contributed by atoms with E-state index < -0.39 is 0 Å². The first-order valence-electron chi connectivity index (χ1n) is 5.00. The second-order valence-electron chi connectivity index (χ2n) is 4.44. The summed E-state index contributed by atoms with van der Waals surface area (Å²) < 4.78 is 5.75. The molecule has 0 radical (unpaired) electrons. The summed E-state index contributed by atoms with van der Waals surface area (Å²) in [4.78, 5) is 0. The van der Waals surface area contributed by atoms with Crippen molar-refractivity contribution in [2.24, 2.45) is 0 Å². The molecule has 1 rings (SSSR count). The molecule has 2 N–H and O–H groups in total. The van der Waals surface area contributed by atoms with Crippen molar-refractivity contribution in [3.63, 3.8) is 0 Å². The van der Waals surface area contributed by atoms with Gasteiger partial charge in [0.1, 0.15) is 11.4 Å². The molecule has 0 saturated heterocycles. The van der Waals surface area contributed by atoms with Gasteiger partial charge in [-0.2, -0.15) is 0 Å². The van der Waals surface area contributed by atoms with Crippen LogP contribution in [0.25, 0.3) is 0 Å². The molecule has 0 aromatic heterocycles. The molecule has 0 heterocycles. The molecule has 0 atom stereocenters. The summed E-state index contributed by atoms with van der Waals surface area (Å²) in [6.45, 7) is 8.17. The first kappa shape index (κ1) is 10.9. The fraction of sp³-hybridized carbons (Fsp3) is 0.500. The van der Waals surface area contributed by atoms with E-state index in [2.05, 4.69) is 6.92 Å². The smallest absolute Gasteiger partial charge is 0.143 e. The minimum Gasteiger partial charge on any atom is -0.486 e. The topological polar surface area (TPSA) is 35.2 Å². The largest absolute Gasteiger partial charge is 0.486 e. The lowest BCUT2D eigenvalue weighted by Crippen LogP contribution is -2.23. The number of aryl methyl sites for hydroxylation is 1. The summed E-state index contributed by atoms with van der Waals surface area (Å²) in [6, 6.07) is 5.95. The van der Waals surface area contributed by atoms with E-state index in [0.717, 1.165) is 12.2 Å². The van der Waals surface area contributed by atoms with Crippen molar-refractivity contribution >= 4 is 5.69 Å². The number of nitrogens with two attached hydrogens (primary N) is 1. The summed E-state index contributed by atoms with van der Waals surface area (Å²) in [6.07, 6.45) is 1.00. The van der Waals surface area contributed by atoms with Gasteiger partial charge in [-0.1, -0.05) is 13.0 Å². The molecule has 0 aliphatic rings. The third-order valence-corrected chi connectivity index (χ3v) is 1.90. The molecule has 0 amide bonds. The molecular formula is C12H19NO. The van der Waals surface area contributed by atoms with Gasteiger partial charge in [-0.25, -0.2) is 0 Å². The maximum absolute atomic E-state index is 5.83. The molecule has 0 fully saturated rings.